The Bertz CT molecular complexity index is 681. The molecule has 0 fully saturated rings. The molecule has 2 N–H and O–H groups in total. The second-order valence-corrected chi connectivity index (χ2v) is 5.41. The summed E-state index contributed by atoms with van der Waals surface area (Å²) >= 11 is 1.71. The average Bonchev–Trinajstić information content (AvgIpc) is 2.93. The van der Waals surface area contributed by atoms with Gasteiger partial charge >= 0.3 is 0 Å². The Balaban J connectivity index is 2.14. The number of rotatable bonds is 3. The lowest BCUT2D eigenvalue weighted by atomic mass is 10.1. The predicted molar refractivity (Wildman–Crippen MR) is 78.3 cm³/mol. The zero-order valence-electron chi connectivity index (χ0n) is 10.4. The second-order valence-electron chi connectivity index (χ2n) is 4.20. The van der Waals surface area contributed by atoms with Crippen molar-refractivity contribution in [2.24, 2.45) is 0 Å². The van der Waals surface area contributed by atoms with Crippen LogP contribution in [0, 0.1) is 6.92 Å². The Morgan fingerprint density at radius 3 is 3.00 bits per heavy atom. The number of anilines is 1. The summed E-state index contributed by atoms with van der Waals surface area (Å²) in [5.41, 5.74) is 3.42. The molecule has 0 amide bonds. The molecule has 0 saturated heterocycles. The van der Waals surface area contributed by atoms with E-state index < -0.39 is 0 Å². The van der Waals surface area contributed by atoms with Gasteiger partial charge in [-0.25, -0.2) is 4.98 Å². The lowest BCUT2D eigenvalue weighted by molar-refractivity contribution is 1.19. The Kier molecular flexibility index (Phi) is 2.80. The highest BCUT2D eigenvalue weighted by Gasteiger charge is 2.13. The topological polar surface area (TPSA) is 40.7 Å². The molecule has 3 aromatic rings. The molecule has 0 aliphatic rings. The van der Waals surface area contributed by atoms with E-state index in [1.807, 2.05) is 12.3 Å². The molecule has 0 atom stereocenters. The van der Waals surface area contributed by atoms with E-state index in [1.165, 1.54) is 15.8 Å². The molecule has 0 aliphatic carbocycles. The molecular weight excluding hydrogens is 242 g/mol. The van der Waals surface area contributed by atoms with Gasteiger partial charge in [-0.3, -0.25) is 0 Å². The summed E-state index contributed by atoms with van der Waals surface area (Å²) < 4.78 is 0. The third kappa shape index (κ3) is 1.78. The number of para-hydroxylation sites is 1. The first-order valence-electron chi connectivity index (χ1n) is 6.07. The average molecular weight is 257 g/mol. The number of nitrogens with zero attached hydrogens (tertiary/aromatic N) is 1. The van der Waals surface area contributed by atoms with Gasteiger partial charge in [0.1, 0.15) is 0 Å². The number of fused-ring (bicyclic) bond motifs is 1. The first-order valence-corrected chi connectivity index (χ1v) is 6.89. The minimum atomic E-state index is 0.903. The lowest BCUT2D eigenvalue weighted by Crippen LogP contribution is -1.94. The smallest absolute Gasteiger partial charge is 0.183 e. The van der Waals surface area contributed by atoms with Crippen molar-refractivity contribution in [2.45, 2.75) is 13.8 Å². The van der Waals surface area contributed by atoms with Crippen molar-refractivity contribution in [3.05, 3.63) is 35.3 Å². The number of aromatic nitrogens is 2. The third-order valence-corrected chi connectivity index (χ3v) is 3.90. The van der Waals surface area contributed by atoms with Crippen LogP contribution < -0.4 is 5.32 Å². The number of hydrogen-bond donors (Lipinski definition) is 2. The standard InChI is InChI=1S/C14H15N3S/c1-3-15-14-17-13(9(2)18-14)11-8-16-12-7-5-4-6-10(11)12/h4-8,16H,3H2,1-2H3,(H,15,17). The Hall–Kier alpha value is -1.81. The molecule has 4 heteroatoms. The number of benzene rings is 1. The van der Waals surface area contributed by atoms with Crippen LogP contribution in [0.25, 0.3) is 22.2 Å². The van der Waals surface area contributed by atoms with Crippen LogP contribution in [0.2, 0.25) is 0 Å². The minimum Gasteiger partial charge on any atom is -0.362 e. The van der Waals surface area contributed by atoms with Gasteiger partial charge < -0.3 is 10.3 Å². The molecule has 0 spiro atoms. The molecule has 3 nitrogen and oxygen atoms in total. The van der Waals surface area contributed by atoms with Gasteiger partial charge in [0.05, 0.1) is 5.69 Å². The zero-order chi connectivity index (χ0) is 12.5. The Morgan fingerprint density at radius 2 is 2.17 bits per heavy atom. The van der Waals surface area contributed by atoms with Crippen LogP contribution in [-0.4, -0.2) is 16.5 Å². The SMILES string of the molecule is CCNc1nc(-c2c[nH]c3ccccc23)c(C)s1. The summed E-state index contributed by atoms with van der Waals surface area (Å²) in [6.45, 7) is 5.11. The molecule has 1 aromatic carbocycles. The number of hydrogen-bond acceptors (Lipinski definition) is 3. The highest BCUT2D eigenvalue weighted by atomic mass is 32.1. The molecule has 92 valence electrons. The van der Waals surface area contributed by atoms with E-state index in [4.69, 9.17) is 0 Å². The van der Waals surface area contributed by atoms with Gasteiger partial charge in [-0.2, -0.15) is 0 Å². The van der Waals surface area contributed by atoms with Crippen LogP contribution in [0.15, 0.2) is 30.5 Å². The van der Waals surface area contributed by atoms with Crippen molar-refractivity contribution >= 4 is 27.4 Å². The van der Waals surface area contributed by atoms with Crippen molar-refractivity contribution in [3.8, 4) is 11.3 Å². The predicted octanol–water partition coefficient (Wildman–Crippen LogP) is 4.03. The van der Waals surface area contributed by atoms with Crippen molar-refractivity contribution in [1.82, 2.24) is 9.97 Å². The van der Waals surface area contributed by atoms with Crippen molar-refractivity contribution in [3.63, 3.8) is 0 Å². The highest BCUT2D eigenvalue weighted by Crippen LogP contribution is 2.34. The zero-order valence-corrected chi connectivity index (χ0v) is 11.3. The van der Waals surface area contributed by atoms with E-state index in [0.717, 1.165) is 22.9 Å². The van der Waals surface area contributed by atoms with Gasteiger partial charge in [-0.05, 0) is 19.9 Å². The monoisotopic (exact) mass is 257 g/mol. The van der Waals surface area contributed by atoms with Crippen LogP contribution in [0.5, 0.6) is 0 Å². The normalized spacial score (nSPS) is 11.0. The molecule has 3 rings (SSSR count). The van der Waals surface area contributed by atoms with Crippen LogP contribution in [0.1, 0.15) is 11.8 Å². The fourth-order valence-electron chi connectivity index (χ4n) is 2.14. The summed E-state index contributed by atoms with van der Waals surface area (Å²) in [5.74, 6) is 0. The van der Waals surface area contributed by atoms with Gasteiger partial charge in [0, 0.05) is 34.1 Å². The maximum absolute atomic E-state index is 4.68. The first kappa shape index (κ1) is 11.3. The highest BCUT2D eigenvalue weighted by molar-refractivity contribution is 7.16. The van der Waals surface area contributed by atoms with Gasteiger partial charge in [-0.1, -0.05) is 18.2 Å². The largest absolute Gasteiger partial charge is 0.362 e. The Morgan fingerprint density at radius 1 is 1.33 bits per heavy atom. The van der Waals surface area contributed by atoms with E-state index in [2.05, 4.69) is 47.3 Å². The third-order valence-electron chi connectivity index (χ3n) is 2.97. The van der Waals surface area contributed by atoms with Crippen molar-refractivity contribution < 1.29 is 0 Å². The van der Waals surface area contributed by atoms with Gasteiger partial charge in [0.25, 0.3) is 0 Å². The summed E-state index contributed by atoms with van der Waals surface area (Å²) in [4.78, 5) is 9.22. The maximum Gasteiger partial charge on any atom is 0.183 e. The summed E-state index contributed by atoms with van der Waals surface area (Å²) in [7, 11) is 0. The lowest BCUT2D eigenvalue weighted by Gasteiger charge is -1.96. The van der Waals surface area contributed by atoms with Crippen LogP contribution >= 0.6 is 11.3 Å². The quantitative estimate of drug-likeness (QED) is 0.743. The number of nitrogens with one attached hydrogen (secondary N) is 2. The molecule has 0 saturated carbocycles. The minimum absolute atomic E-state index is 0.903. The molecule has 2 heterocycles. The summed E-state index contributed by atoms with van der Waals surface area (Å²) in [6, 6.07) is 8.33. The molecule has 18 heavy (non-hydrogen) atoms. The maximum atomic E-state index is 4.68. The van der Waals surface area contributed by atoms with Crippen LogP contribution in [-0.2, 0) is 0 Å². The summed E-state index contributed by atoms with van der Waals surface area (Å²) in [5, 5.41) is 5.50. The first-order chi connectivity index (χ1) is 8.79. The number of aryl methyl sites for hydroxylation is 1. The van der Waals surface area contributed by atoms with Crippen LogP contribution in [0.4, 0.5) is 5.13 Å². The van der Waals surface area contributed by atoms with E-state index >= 15 is 0 Å². The van der Waals surface area contributed by atoms with Gasteiger partial charge in [-0.15, -0.1) is 11.3 Å². The van der Waals surface area contributed by atoms with E-state index in [-0.39, 0.29) is 0 Å². The summed E-state index contributed by atoms with van der Waals surface area (Å²) in [6.07, 6.45) is 2.04. The fraction of sp³-hybridized carbons (Fsp3) is 0.214. The fourth-order valence-corrected chi connectivity index (χ4v) is 3.04. The van der Waals surface area contributed by atoms with Crippen molar-refractivity contribution in [1.29, 1.82) is 0 Å². The second kappa shape index (κ2) is 4.46. The van der Waals surface area contributed by atoms with E-state index in [1.54, 1.807) is 11.3 Å². The molecule has 0 bridgehead atoms. The molecule has 0 unspecified atom stereocenters. The molecule has 2 aromatic heterocycles. The number of thiazole rings is 1. The van der Waals surface area contributed by atoms with Gasteiger partial charge in [0.2, 0.25) is 0 Å². The van der Waals surface area contributed by atoms with Crippen LogP contribution in [0.3, 0.4) is 0 Å². The van der Waals surface area contributed by atoms with Crippen molar-refractivity contribution in [2.75, 3.05) is 11.9 Å². The van der Waals surface area contributed by atoms with Gasteiger partial charge in [0.15, 0.2) is 5.13 Å². The molecule has 0 radical (unpaired) electrons. The number of aromatic amines is 1. The molecular formula is C14H15N3S. The van der Waals surface area contributed by atoms with E-state index in [0.29, 0.717) is 0 Å². The number of H-pyrrole nitrogens is 1. The molecule has 0 aliphatic heterocycles. The van der Waals surface area contributed by atoms with E-state index in [9.17, 15) is 0 Å². The Labute approximate surface area is 110 Å².